The number of aromatic hydroxyl groups is 1. The first kappa shape index (κ1) is 30.7. The fraction of sp³-hybridized carbons (Fsp3) is 0.0345. The van der Waals surface area contributed by atoms with Gasteiger partial charge in [-0.25, -0.2) is 14.6 Å². The average Bonchev–Trinajstić information content (AvgIpc) is 3.36. The number of carbonyl (C=O) groups excluding carboxylic acids is 2. The molecular weight excluding hydrogens is 630 g/mol. The normalized spacial score (nSPS) is 10.5. The number of nitrogens with one attached hydrogen (secondary N) is 1. The van der Waals surface area contributed by atoms with Crippen molar-refractivity contribution in [1.29, 1.82) is 0 Å². The highest BCUT2D eigenvalue weighted by Gasteiger charge is 2.14. The number of carbonyl (C=O) groups is 3. The van der Waals surface area contributed by atoms with E-state index in [1.165, 1.54) is 37.4 Å². The van der Waals surface area contributed by atoms with Crippen molar-refractivity contribution in [2.45, 2.75) is 0 Å². The SMILES string of the molecule is COC(=O)c1ccc2nc(-c3cc(Cl)cc(Cl)c3)oc2c1.O=C(O)c1ccc(NC(=O)c2cc(Cl)cc(Cl)c2)c(O)c1. The maximum Gasteiger partial charge on any atom is 0.337 e. The maximum atomic E-state index is 12.0. The first-order chi connectivity index (χ1) is 19.9. The number of carboxylic acid groups (broad SMARTS) is 1. The van der Waals surface area contributed by atoms with Gasteiger partial charge in [-0.05, 0) is 72.8 Å². The number of phenols is 1. The summed E-state index contributed by atoms with van der Waals surface area (Å²) in [7, 11) is 1.33. The number of methoxy groups -OCH3 is 1. The Balaban J connectivity index is 0.000000193. The number of fused-ring (bicyclic) bond motifs is 1. The second-order valence-electron chi connectivity index (χ2n) is 8.50. The van der Waals surface area contributed by atoms with Crippen LogP contribution in [0.5, 0.6) is 5.75 Å². The Morgan fingerprint density at radius 3 is 1.95 bits per heavy atom. The van der Waals surface area contributed by atoms with Gasteiger partial charge in [0, 0.05) is 31.2 Å². The van der Waals surface area contributed by atoms with Crippen molar-refractivity contribution in [3.63, 3.8) is 0 Å². The number of anilines is 1. The van der Waals surface area contributed by atoms with Crippen LogP contribution in [-0.4, -0.2) is 40.2 Å². The number of oxazole rings is 1. The van der Waals surface area contributed by atoms with Gasteiger partial charge >= 0.3 is 11.9 Å². The first-order valence-corrected chi connectivity index (χ1v) is 13.2. The van der Waals surface area contributed by atoms with Crippen molar-refractivity contribution < 1.29 is 33.8 Å². The molecule has 0 atom stereocenters. The van der Waals surface area contributed by atoms with Crippen LogP contribution in [0.25, 0.3) is 22.6 Å². The third-order valence-electron chi connectivity index (χ3n) is 5.54. The third-order valence-corrected chi connectivity index (χ3v) is 6.41. The highest BCUT2D eigenvalue weighted by atomic mass is 35.5. The van der Waals surface area contributed by atoms with Crippen LogP contribution in [0.1, 0.15) is 31.1 Å². The fourth-order valence-corrected chi connectivity index (χ4v) is 4.67. The van der Waals surface area contributed by atoms with Gasteiger partial charge in [-0.3, -0.25) is 4.79 Å². The summed E-state index contributed by atoms with van der Waals surface area (Å²) in [4.78, 5) is 38.6. The van der Waals surface area contributed by atoms with E-state index in [4.69, 9.17) is 55.9 Å². The van der Waals surface area contributed by atoms with Gasteiger partial charge in [0.15, 0.2) is 5.58 Å². The lowest BCUT2D eigenvalue weighted by molar-refractivity contribution is 0.0599. The van der Waals surface area contributed by atoms with E-state index in [9.17, 15) is 19.5 Å². The Labute approximate surface area is 258 Å². The smallest absolute Gasteiger partial charge is 0.337 e. The molecule has 1 aromatic heterocycles. The Hall–Kier alpha value is -4.28. The summed E-state index contributed by atoms with van der Waals surface area (Å²) >= 11 is 23.5. The van der Waals surface area contributed by atoms with Gasteiger partial charge in [0.05, 0.1) is 23.9 Å². The number of hydrogen-bond donors (Lipinski definition) is 3. The van der Waals surface area contributed by atoms with E-state index in [-0.39, 0.29) is 22.6 Å². The average molecular weight is 648 g/mol. The molecule has 0 unspecified atom stereocenters. The number of aromatic nitrogens is 1. The number of aromatic carboxylic acids is 1. The zero-order valence-corrected chi connectivity index (χ0v) is 24.3. The van der Waals surface area contributed by atoms with E-state index < -0.39 is 17.8 Å². The molecular formula is C29H18Cl4N2O7. The summed E-state index contributed by atoms with van der Waals surface area (Å²) in [5.41, 5.74) is 2.41. The minimum absolute atomic E-state index is 0.0843. The molecule has 1 heterocycles. The van der Waals surface area contributed by atoms with Crippen molar-refractivity contribution in [3.05, 3.63) is 110 Å². The molecule has 0 radical (unpaired) electrons. The summed E-state index contributed by atoms with van der Waals surface area (Å²) in [6.45, 7) is 0. The molecule has 0 fully saturated rings. The summed E-state index contributed by atoms with van der Waals surface area (Å²) in [6, 6.07) is 17.9. The molecule has 0 saturated heterocycles. The van der Waals surface area contributed by atoms with Gasteiger partial charge in [0.1, 0.15) is 11.3 Å². The number of ether oxygens (including phenoxy) is 1. The van der Waals surface area contributed by atoms with Gasteiger partial charge in [0.25, 0.3) is 5.91 Å². The Morgan fingerprint density at radius 1 is 0.786 bits per heavy atom. The van der Waals surface area contributed by atoms with Gasteiger partial charge in [0.2, 0.25) is 5.89 Å². The predicted molar refractivity (Wildman–Crippen MR) is 160 cm³/mol. The highest BCUT2D eigenvalue weighted by Crippen LogP contribution is 2.30. The molecule has 4 aromatic carbocycles. The number of hydrogen-bond acceptors (Lipinski definition) is 7. The lowest BCUT2D eigenvalue weighted by Gasteiger charge is -2.08. The monoisotopic (exact) mass is 646 g/mol. The highest BCUT2D eigenvalue weighted by molar-refractivity contribution is 6.35. The molecule has 1 amide bonds. The Morgan fingerprint density at radius 2 is 1.38 bits per heavy atom. The molecule has 0 saturated carbocycles. The molecule has 5 aromatic rings. The number of phenolic OH excluding ortho intramolecular Hbond substituents is 1. The van der Waals surface area contributed by atoms with Crippen LogP contribution in [-0.2, 0) is 4.74 Å². The van der Waals surface area contributed by atoms with E-state index >= 15 is 0 Å². The number of esters is 1. The second kappa shape index (κ2) is 13.1. The van der Waals surface area contributed by atoms with Gasteiger partial charge in [-0.1, -0.05) is 46.4 Å². The molecule has 13 heteroatoms. The number of rotatable bonds is 5. The number of nitrogens with zero attached hydrogens (tertiary/aromatic N) is 1. The van der Waals surface area contributed by atoms with Gasteiger partial charge in [-0.2, -0.15) is 0 Å². The van der Waals surface area contributed by atoms with Crippen LogP contribution in [0, 0.1) is 0 Å². The van der Waals surface area contributed by atoms with E-state index in [1.807, 2.05) is 0 Å². The van der Waals surface area contributed by atoms with E-state index in [2.05, 4.69) is 15.0 Å². The van der Waals surface area contributed by atoms with Crippen LogP contribution >= 0.6 is 46.4 Å². The minimum Gasteiger partial charge on any atom is -0.506 e. The molecule has 3 N–H and O–H groups in total. The summed E-state index contributed by atoms with van der Waals surface area (Å²) in [5.74, 6) is -2.10. The van der Waals surface area contributed by atoms with Crippen LogP contribution < -0.4 is 5.32 Å². The van der Waals surface area contributed by atoms with Crippen LogP contribution in [0.2, 0.25) is 20.1 Å². The molecule has 42 heavy (non-hydrogen) atoms. The Kier molecular flexibility index (Phi) is 9.59. The van der Waals surface area contributed by atoms with E-state index in [1.54, 1.807) is 36.4 Å². The Bertz CT molecular complexity index is 1800. The topological polar surface area (TPSA) is 139 Å². The zero-order valence-electron chi connectivity index (χ0n) is 21.3. The first-order valence-electron chi connectivity index (χ1n) is 11.7. The summed E-state index contributed by atoms with van der Waals surface area (Å²) < 4.78 is 10.3. The zero-order chi connectivity index (χ0) is 30.6. The lowest BCUT2D eigenvalue weighted by Crippen LogP contribution is -2.12. The van der Waals surface area contributed by atoms with Gasteiger partial charge in [-0.15, -0.1) is 0 Å². The van der Waals surface area contributed by atoms with E-state index in [0.717, 1.165) is 6.07 Å². The van der Waals surface area contributed by atoms with Crippen molar-refractivity contribution in [3.8, 4) is 17.2 Å². The standard InChI is InChI=1S/C15H9Cl2NO3.C14H9Cl2NO4/c1-20-15(19)8-2-3-12-13(6-8)21-14(18-12)9-4-10(16)7-11(17)5-9;15-9-3-8(4-10(16)6-9)13(19)17-11-2-1-7(14(20)21)5-12(11)18/h2-7H,1H3;1-6,18H,(H,17,19)(H,20,21). The van der Waals surface area contributed by atoms with Crippen molar-refractivity contribution in [2.75, 3.05) is 12.4 Å². The molecule has 0 aliphatic rings. The number of carboxylic acids is 1. The van der Waals surface area contributed by atoms with Gasteiger partial charge < -0.3 is 24.7 Å². The minimum atomic E-state index is -1.18. The number of amides is 1. The number of benzene rings is 4. The molecule has 214 valence electrons. The second-order valence-corrected chi connectivity index (χ2v) is 10.2. The molecule has 0 aliphatic heterocycles. The maximum absolute atomic E-state index is 12.0. The largest absolute Gasteiger partial charge is 0.506 e. The van der Waals surface area contributed by atoms with Crippen molar-refractivity contribution >= 4 is 81.0 Å². The molecule has 0 aliphatic carbocycles. The van der Waals surface area contributed by atoms with Crippen LogP contribution in [0.4, 0.5) is 5.69 Å². The molecule has 5 rings (SSSR count). The predicted octanol–water partition coefficient (Wildman–Crippen LogP) is 8.24. The van der Waals surface area contributed by atoms with E-state index in [0.29, 0.717) is 48.2 Å². The lowest BCUT2D eigenvalue weighted by atomic mass is 10.1. The summed E-state index contributed by atoms with van der Waals surface area (Å²) in [5, 5.41) is 22.6. The van der Waals surface area contributed by atoms with Crippen LogP contribution in [0.15, 0.2) is 77.2 Å². The third kappa shape index (κ3) is 7.51. The van der Waals surface area contributed by atoms with Crippen molar-refractivity contribution in [2.24, 2.45) is 0 Å². The quantitative estimate of drug-likeness (QED) is 0.128. The molecule has 9 nitrogen and oxygen atoms in total. The van der Waals surface area contributed by atoms with Crippen molar-refractivity contribution in [1.82, 2.24) is 4.98 Å². The molecule has 0 spiro atoms. The number of halogens is 4. The van der Waals surface area contributed by atoms with Crippen LogP contribution in [0.3, 0.4) is 0 Å². The summed E-state index contributed by atoms with van der Waals surface area (Å²) in [6.07, 6.45) is 0. The fourth-order valence-electron chi connectivity index (χ4n) is 3.62. The molecule has 0 bridgehead atoms.